The maximum atomic E-state index is 12.1. The van der Waals surface area contributed by atoms with Gasteiger partial charge in [0.1, 0.15) is 6.04 Å². The molecule has 5 nitrogen and oxygen atoms in total. The quantitative estimate of drug-likeness (QED) is 0.914. The number of thiazole rings is 1. The van der Waals surface area contributed by atoms with Gasteiger partial charge in [0.15, 0.2) is 5.13 Å². The van der Waals surface area contributed by atoms with Crippen LogP contribution in [0, 0.1) is 6.92 Å². The van der Waals surface area contributed by atoms with Gasteiger partial charge < -0.3 is 10.6 Å². The number of anilines is 1. The first-order chi connectivity index (χ1) is 10.1. The molecular weight excluding hydrogens is 286 g/mol. The Morgan fingerprint density at radius 2 is 2.14 bits per heavy atom. The minimum atomic E-state index is -0.443. The van der Waals surface area contributed by atoms with E-state index >= 15 is 0 Å². The Hall–Kier alpha value is -2.21. The number of hydrogen-bond donors (Lipinski definition) is 2. The van der Waals surface area contributed by atoms with Crippen molar-refractivity contribution in [1.82, 2.24) is 10.3 Å². The summed E-state index contributed by atoms with van der Waals surface area (Å²) < 4.78 is 0. The van der Waals surface area contributed by atoms with Gasteiger partial charge in [-0.25, -0.2) is 4.98 Å². The Bertz CT molecular complexity index is 681. The highest BCUT2D eigenvalue weighted by molar-refractivity contribution is 7.16. The Labute approximate surface area is 126 Å². The van der Waals surface area contributed by atoms with Gasteiger partial charge in [-0.2, -0.15) is 0 Å². The second kappa shape index (κ2) is 5.65. The molecule has 21 heavy (non-hydrogen) atoms. The lowest BCUT2D eigenvalue weighted by atomic mass is 10.1. The fraction of sp³-hybridized carbons (Fsp3) is 0.267. The average Bonchev–Trinajstić information content (AvgIpc) is 3.06. The minimum Gasteiger partial charge on any atom is -0.344 e. The second-order valence-electron chi connectivity index (χ2n) is 4.94. The maximum absolute atomic E-state index is 12.1. The number of nitrogens with zero attached hydrogens (tertiary/aromatic N) is 1. The molecule has 1 aliphatic heterocycles. The van der Waals surface area contributed by atoms with Crippen LogP contribution in [0.4, 0.5) is 5.13 Å². The zero-order valence-corrected chi connectivity index (χ0v) is 12.4. The zero-order valence-electron chi connectivity index (χ0n) is 11.6. The van der Waals surface area contributed by atoms with E-state index in [-0.39, 0.29) is 11.8 Å². The molecule has 3 rings (SSSR count). The van der Waals surface area contributed by atoms with Crippen LogP contribution >= 0.6 is 11.3 Å². The predicted octanol–water partition coefficient (Wildman–Crippen LogP) is 2.34. The zero-order chi connectivity index (χ0) is 14.8. The van der Waals surface area contributed by atoms with Crippen molar-refractivity contribution >= 4 is 28.3 Å². The predicted molar refractivity (Wildman–Crippen MR) is 82.1 cm³/mol. The summed E-state index contributed by atoms with van der Waals surface area (Å²) in [5.74, 6) is -0.273. The lowest BCUT2D eigenvalue weighted by molar-refractivity contribution is -0.122. The largest absolute Gasteiger partial charge is 0.344 e. The lowest BCUT2D eigenvalue weighted by Gasteiger charge is -2.08. The van der Waals surface area contributed by atoms with Crippen LogP contribution in [-0.2, 0) is 9.59 Å². The maximum Gasteiger partial charge on any atom is 0.248 e. The number of carbonyl (C=O) groups is 2. The number of amides is 2. The van der Waals surface area contributed by atoms with E-state index in [4.69, 9.17) is 0 Å². The Kier molecular flexibility index (Phi) is 3.70. The van der Waals surface area contributed by atoms with E-state index in [1.165, 1.54) is 11.3 Å². The van der Waals surface area contributed by atoms with E-state index in [9.17, 15) is 9.59 Å². The third kappa shape index (κ3) is 2.95. The molecule has 1 atom stereocenters. The van der Waals surface area contributed by atoms with Gasteiger partial charge in [-0.15, -0.1) is 11.3 Å². The first-order valence-electron chi connectivity index (χ1n) is 6.76. The van der Waals surface area contributed by atoms with E-state index in [0.29, 0.717) is 18.0 Å². The van der Waals surface area contributed by atoms with Crippen LogP contribution in [0.1, 0.15) is 17.7 Å². The van der Waals surface area contributed by atoms with Crippen molar-refractivity contribution in [2.24, 2.45) is 0 Å². The molecule has 1 aromatic carbocycles. The molecular formula is C15H15N3O2S. The highest BCUT2D eigenvalue weighted by Crippen LogP contribution is 2.30. The molecule has 1 saturated heterocycles. The number of carbonyl (C=O) groups excluding carboxylic acids is 2. The van der Waals surface area contributed by atoms with Crippen molar-refractivity contribution in [2.45, 2.75) is 25.8 Å². The smallest absolute Gasteiger partial charge is 0.248 e. The third-order valence-corrected chi connectivity index (χ3v) is 4.27. The van der Waals surface area contributed by atoms with Crippen LogP contribution in [0.15, 0.2) is 30.3 Å². The normalized spacial score (nSPS) is 17.6. The summed E-state index contributed by atoms with van der Waals surface area (Å²) >= 11 is 1.44. The van der Waals surface area contributed by atoms with Crippen molar-refractivity contribution in [3.05, 3.63) is 35.2 Å². The Balaban J connectivity index is 1.75. The molecule has 0 radical (unpaired) electrons. The van der Waals surface area contributed by atoms with E-state index in [1.807, 2.05) is 37.3 Å². The van der Waals surface area contributed by atoms with Gasteiger partial charge in [0.05, 0.1) is 5.69 Å². The van der Waals surface area contributed by atoms with E-state index in [2.05, 4.69) is 15.6 Å². The van der Waals surface area contributed by atoms with Crippen molar-refractivity contribution in [2.75, 3.05) is 5.32 Å². The summed E-state index contributed by atoms with van der Waals surface area (Å²) in [5, 5.41) is 6.01. The van der Waals surface area contributed by atoms with Crippen LogP contribution in [-0.4, -0.2) is 22.8 Å². The number of nitrogens with one attached hydrogen (secondary N) is 2. The first-order valence-corrected chi connectivity index (χ1v) is 7.58. The van der Waals surface area contributed by atoms with Gasteiger partial charge in [0, 0.05) is 16.9 Å². The van der Waals surface area contributed by atoms with Crippen molar-refractivity contribution in [3.63, 3.8) is 0 Å². The molecule has 0 bridgehead atoms. The van der Waals surface area contributed by atoms with Gasteiger partial charge in [0.25, 0.3) is 0 Å². The highest BCUT2D eigenvalue weighted by atomic mass is 32.1. The molecule has 2 amide bonds. The Morgan fingerprint density at radius 1 is 1.38 bits per heavy atom. The summed E-state index contributed by atoms with van der Waals surface area (Å²) in [5.41, 5.74) is 1.91. The van der Waals surface area contributed by atoms with Crippen molar-refractivity contribution in [1.29, 1.82) is 0 Å². The fourth-order valence-corrected chi connectivity index (χ4v) is 3.16. The lowest BCUT2D eigenvalue weighted by Crippen LogP contribution is -2.37. The van der Waals surface area contributed by atoms with Gasteiger partial charge in [-0.3, -0.25) is 9.59 Å². The van der Waals surface area contributed by atoms with Crippen LogP contribution in [0.2, 0.25) is 0 Å². The second-order valence-corrected chi connectivity index (χ2v) is 6.14. The van der Waals surface area contributed by atoms with Gasteiger partial charge in [-0.1, -0.05) is 30.3 Å². The fourth-order valence-electron chi connectivity index (χ4n) is 2.32. The van der Waals surface area contributed by atoms with Crippen molar-refractivity contribution in [3.8, 4) is 11.3 Å². The number of hydrogen-bond acceptors (Lipinski definition) is 4. The first kappa shape index (κ1) is 13.8. The van der Waals surface area contributed by atoms with Gasteiger partial charge >= 0.3 is 0 Å². The van der Waals surface area contributed by atoms with Gasteiger partial charge in [0.2, 0.25) is 11.8 Å². The minimum absolute atomic E-state index is 0.0737. The molecule has 108 valence electrons. The number of aryl methyl sites for hydroxylation is 1. The van der Waals surface area contributed by atoms with Crippen LogP contribution in [0.5, 0.6) is 0 Å². The molecule has 0 spiro atoms. The number of rotatable bonds is 3. The summed E-state index contributed by atoms with van der Waals surface area (Å²) in [4.78, 5) is 28.7. The molecule has 6 heteroatoms. The monoisotopic (exact) mass is 301 g/mol. The SMILES string of the molecule is Cc1sc(NC(=O)[C@@H]2CCC(=O)N2)nc1-c1ccccc1. The molecule has 2 heterocycles. The number of aromatic nitrogens is 1. The van der Waals surface area contributed by atoms with Gasteiger partial charge in [-0.05, 0) is 13.3 Å². The summed E-state index contributed by atoms with van der Waals surface area (Å²) in [6, 6.07) is 9.41. The molecule has 0 unspecified atom stereocenters. The molecule has 1 aromatic heterocycles. The highest BCUT2D eigenvalue weighted by Gasteiger charge is 2.27. The molecule has 2 N–H and O–H groups in total. The van der Waals surface area contributed by atoms with Crippen molar-refractivity contribution < 1.29 is 9.59 Å². The summed E-state index contributed by atoms with van der Waals surface area (Å²) in [6.45, 7) is 1.98. The molecule has 1 fully saturated rings. The topological polar surface area (TPSA) is 71.1 Å². The average molecular weight is 301 g/mol. The summed E-state index contributed by atoms with van der Waals surface area (Å²) in [7, 11) is 0. The molecule has 0 aliphatic carbocycles. The van der Waals surface area contributed by atoms with E-state index in [0.717, 1.165) is 16.1 Å². The van der Waals surface area contributed by atoms with Crippen LogP contribution in [0.3, 0.4) is 0 Å². The molecule has 1 aliphatic rings. The van der Waals surface area contributed by atoms with E-state index in [1.54, 1.807) is 0 Å². The number of benzene rings is 1. The van der Waals surface area contributed by atoms with Crippen LogP contribution in [0.25, 0.3) is 11.3 Å². The standard InChI is InChI=1S/C15H15N3O2S/c1-9-13(10-5-3-2-4-6-10)17-15(21-9)18-14(20)11-7-8-12(19)16-11/h2-6,11H,7-8H2,1H3,(H,16,19)(H,17,18,20)/t11-/m0/s1. The van der Waals surface area contributed by atoms with Crippen LogP contribution < -0.4 is 10.6 Å². The molecule has 2 aromatic rings. The summed E-state index contributed by atoms with van der Waals surface area (Å²) in [6.07, 6.45) is 0.949. The van der Waals surface area contributed by atoms with E-state index < -0.39 is 6.04 Å². The third-order valence-electron chi connectivity index (χ3n) is 3.39. The Morgan fingerprint density at radius 3 is 2.81 bits per heavy atom. The molecule has 0 saturated carbocycles.